The molecule has 134 valence electrons. The van der Waals surface area contributed by atoms with Crippen molar-refractivity contribution in [2.24, 2.45) is 0 Å². The second-order valence-electron chi connectivity index (χ2n) is 6.72. The maximum absolute atomic E-state index is 15.2. The van der Waals surface area contributed by atoms with Crippen LogP contribution in [-0.2, 0) is 19.3 Å². The molecule has 0 atom stereocenters. The maximum atomic E-state index is 15.2. The molecule has 1 aliphatic rings. The summed E-state index contributed by atoms with van der Waals surface area (Å²) in [5.41, 5.74) is 4.43. The highest BCUT2D eigenvalue weighted by atomic mass is 19.1. The average molecular weight is 363 g/mol. The maximum Gasteiger partial charge on any atom is 0.144 e. The van der Waals surface area contributed by atoms with E-state index in [0.29, 0.717) is 12.0 Å². The van der Waals surface area contributed by atoms with Crippen molar-refractivity contribution in [2.45, 2.75) is 26.2 Å². The van der Waals surface area contributed by atoms with Crippen molar-refractivity contribution in [1.29, 1.82) is 5.26 Å². The molecule has 4 rings (SSSR count). The molecule has 0 aliphatic heterocycles. The molecule has 0 saturated heterocycles. The van der Waals surface area contributed by atoms with E-state index in [9.17, 15) is 8.78 Å². The van der Waals surface area contributed by atoms with Gasteiger partial charge in [-0.2, -0.15) is 5.26 Å². The monoisotopic (exact) mass is 363 g/mol. The highest BCUT2D eigenvalue weighted by molar-refractivity contribution is 5.78. The van der Waals surface area contributed by atoms with Gasteiger partial charge in [0.05, 0.1) is 0 Å². The molecule has 0 heterocycles. The third-order valence-corrected chi connectivity index (χ3v) is 5.22. The Kier molecular flexibility index (Phi) is 4.24. The summed E-state index contributed by atoms with van der Waals surface area (Å²) < 4.78 is 43.1. The van der Waals surface area contributed by atoms with E-state index < -0.39 is 23.0 Å². The molecule has 0 aromatic heterocycles. The first-order valence-electron chi connectivity index (χ1n) is 8.86. The van der Waals surface area contributed by atoms with E-state index in [4.69, 9.17) is 5.26 Å². The number of halogens is 3. The first-order valence-corrected chi connectivity index (χ1v) is 8.86. The minimum Gasteiger partial charge on any atom is -0.206 e. The number of aryl methyl sites for hydroxylation is 2. The average Bonchev–Trinajstić information content (AvgIpc) is 2.67. The van der Waals surface area contributed by atoms with Crippen LogP contribution in [0, 0.1) is 28.8 Å². The topological polar surface area (TPSA) is 23.8 Å². The highest BCUT2D eigenvalue weighted by Gasteiger charge is 2.23. The van der Waals surface area contributed by atoms with Gasteiger partial charge in [0.1, 0.15) is 29.1 Å². The molecule has 27 heavy (non-hydrogen) atoms. The molecular formula is C23H16F3N. The van der Waals surface area contributed by atoms with Gasteiger partial charge in [0, 0.05) is 5.56 Å². The first-order chi connectivity index (χ1) is 13.0. The quantitative estimate of drug-likeness (QED) is 0.550. The molecule has 0 fully saturated rings. The van der Waals surface area contributed by atoms with E-state index in [1.807, 2.05) is 18.2 Å². The Morgan fingerprint density at radius 3 is 2.22 bits per heavy atom. The van der Waals surface area contributed by atoms with Gasteiger partial charge in [0.2, 0.25) is 0 Å². The van der Waals surface area contributed by atoms with E-state index in [2.05, 4.69) is 13.0 Å². The zero-order valence-corrected chi connectivity index (χ0v) is 14.7. The molecule has 0 radical (unpaired) electrons. The van der Waals surface area contributed by atoms with Crippen LogP contribution in [0.4, 0.5) is 13.2 Å². The van der Waals surface area contributed by atoms with Crippen LogP contribution in [0.5, 0.6) is 0 Å². The number of nitrogens with zero attached hydrogens (tertiary/aromatic N) is 1. The number of benzene rings is 3. The summed E-state index contributed by atoms with van der Waals surface area (Å²) >= 11 is 0. The van der Waals surface area contributed by atoms with Crippen LogP contribution >= 0.6 is 0 Å². The predicted molar refractivity (Wildman–Crippen MR) is 98.7 cm³/mol. The van der Waals surface area contributed by atoms with Crippen molar-refractivity contribution in [3.05, 3.63) is 82.2 Å². The predicted octanol–water partition coefficient (Wildman–Crippen LogP) is 5.97. The van der Waals surface area contributed by atoms with Crippen LogP contribution in [-0.4, -0.2) is 0 Å². The number of nitriles is 1. The van der Waals surface area contributed by atoms with Crippen molar-refractivity contribution < 1.29 is 13.2 Å². The lowest BCUT2D eigenvalue weighted by Gasteiger charge is -2.22. The molecule has 0 amide bonds. The molecule has 0 N–H and O–H groups in total. The van der Waals surface area contributed by atoms with E-state index in [0.717, 1.165) is 36.1 Å². The molecule has 0 saturated carbocycles. The summed E-state index contributed by atoms with van der Waals surface area (Å²) in [6.07, 6.45) is 2.21. The van der Waals surface area contributed by atoms with Gasteiger partial charge < -0.3 is 0 Å². The summed E-state index contributed by atoms with van der Waals surface area (Å²) in [5, 5.41) is 8.80. The van der Waals surface area contributed by atoms with E-state index >= 15 is 4.39 Å². The van der Waals surface area contributed by atoms with Crippen molar-refractivity contribution in [1.82, 2.24) is 0 Å². The van der Waals surface area contributed by atoms with E-state index in [-0.39, 0.29) is 11.1 Å². The third kappa shape index (κ3) is 2.80. The van der Waals surface area contributed by atoms with Crippen molar-refractivity contribution in [3.63, 3.8) is 0 Å². The Hall–Kier alpha value is -3.06. The van der Waals surface area contributed by atoms with Crippen molar-refractivity contribution in [2.75, 3.05) is 0 Å². The van der Waals surface area contributed by atoms with Crippen molar-refractivity contribution in [3.8, 4) is 28.3 Å². The van der Waals surface area contributed by atoms with E-state index in [1.54, 1.807) is 6.07 Å². The standard InChI is InChI=1S/C23H16F3N/c1-2-13-3-5-16-14(9-13)4-6-19-18(16)8-7-17(23(19)26)15-10-21(24)20(12-27)22(25)11-15/h3,5,7-11H,2,4,6H2,1H3. The fourth-order valence-corrected chi connectivity index (χ4v) is 3.77. The second kappa shape index (κ2) is 6.59. The van der Waals surface area contributed by atoms with Gasteiger partial charge in [-0.3, -0.25) is 0 Å². The van der Waals surface area contributed by atoms with Crippen LogP contribution in [0.3, 0.4) is 0 Å². The number of rotatable bonds is 2. The van der Waals surface area contributed by atoms with Crippen LogP contribution in [0.15, 0.2) is 42.5 Å². The lowest BCUT2D eigenvalue weighted by molar-refractivity contribution is 0.576. The fourth-order valence-electron chi connectivity index (χ4n) is 3.77. The Morgan fingerprint density at radius 2 is 1.56 bits per heavy atom. The summed E-state index contributed by atoms with van der Waals surface area (Å²) in [4.78, 5) is 0. The first kappa shape index (κ1) is 17.4. The number of hydrogen-bond donors (Lipinski definition) is 0. The SMILES string of the molecule is CCc1ccc2c(c1)CCc1c-2ccc(-c2cc(F)c(C#N)c(F)c2)c1F. The molecule has 0 spiro atoms. The molecule has 0 unspecified atom stereocenters. The molecular weight excluding hydrogens is 347 g/mol. The summed E-state index contributed by atoms with van der Waals surface area (Å²) in [7, 11) is 0. The molecule has 1 aliphatic carbocycles. The summed E-state index contributed by atoms with van der Waals surface area (Å²) in [6, 6.07) is 13.1. The lowest BCUT2D eigenvalue weighted by atomic mass is 9.82. The number of hydrogen-bond acceptors (Lipinski definition) is 1. The Bertz CT molecular complexity index is 1090. The van der Waals surface area contributed by atoms with Crippen LogP contribution in [0.2, 0.25) is 0 Å². The second-order valence-corrected chi connectivity index (χ2v) is 6.72. The molecule has 0 bridgehead atoms. The Labute approximate surface area is 155 Å². The van der Waals surface area contributed by atoms with Gasteiger partial charge in [-0.1, -0.05) is 37.3 Å². The van der Waals surface area contributed by atoms with Gasteiger partial charge in [0.15, 0.2) is 0 Å². The molecule has 1 nitrogen and oxygen atoms in total. The Balaban J connectivity index is 1.85. The minimum atomic E-state index is -0.984. The van der Waals surface area contributed by atoms with Gasteiger partial charge in [-0.05, 0) is 64.8 Å². The molecule has 4 heteroatoms. The van der Waals surface area contributed by atoms with Gasteiger partial charge in [0.25, 0.3) is 0 Å². The molecule has 3 aromatic rings. The Morgan fingerprint density at radius 1 is 0.889 bits per heavy atom. The van der Waals surface area contributed by atoms with Crippen molar-refractivity contribution >= 4 is 0 Å². The van der Waals surface area contributed by atoms with Gasteiger partial charge >= 0.3 is 0 Å². The van der Waals surface area contributed by atoms with Crippen LogP contribution in [0.1, 0.15) is 29.2 Å². The van der Waals surface area contributed by atoms with E-state index in [1.165, 1.54) is 17.2 Å². The third-order valence-electron chi connectivity index (χ3n) is 5.22. The normalized spacial score (nSPS) is 12.3. The summed E-state index contributed by atoms with van der Waals surface area (Å²) in [5.74, 6) is -2.43. The summed E-state index contributed by atoms with van der Waals surface area (Å²) in [6.45, 7) is 2.10. The van der Waals surface area contributed by atoms with Crippen LogP contribution < -0.4 is 0 Å². The number of fused-ring (bicyclic) bond motifs is 3. The minimum absolute atomic E-state index is 0.0939. The smallest absolute Gasteiger partial charge is 0.144 e. The van der Waals surface area contributed by atoms with Gasteiger partial charge in [-0.25, -0.2) is 13.2 Å². The van der Waals surface area contributed by atoms with Gasteiger partial charge in [-0.15, -0.1) is 0 Å². The zero-order valence-electron chi connectivity index (χ0n) is 14.7. The largest absolute Gasteiger partial charge is 0.206 e. The van der Waals surface area contributed by atoms with Crippen LogP contribution in [0.25, 0.3) is 22.3 Å². The molecule has 3 aromatic carbocycles. The zero-order chi connectivity index (χ0) is 19.1. The fraction of sp³-hybridized carbons (Fsp3) is 0.174. The highest BCUT2D eigenvalue weighted by Crippen LogP contribution is 2.39. The lowest BCUT2D eigenvalue weighted by Crippen LogP contribution is -2.08.